The minimum atomic E-state index is -0.240. The minimum absolute atomic E-state index is 0.240. The Hall–Kier alpha value is -2.57. The van der Waals surface area contributed by atoms with E-state index in [1.54, 1.807) is 17.9 Å². The normalized spacial score (nSPS) is 16.5. The highest BCUT2D eigenvalue weighted by atomic mass is 35.5. The molecule has 1 saturated heterocycles. The van der Waals surface area contributed by atoms with Crippen molar-refractivity contribution < 1.29 is 14.2 Å². The Labute approximate surface area is 162 Å². The molecule has 3 heterocycles. The number of hydrogen-bond acceptors (Lipinski definition) is 5. The van der Waals surface area contributed by atoms with Crippen LogP contribution in [0.15, 0.2) is 42.5 Å². The molecule has 0 bridgehead atoms. The van der Waals surface area contributed by atoms with E-state index in [2.05, 4.69) is 10.1 Å². The molecule has 4 rings (SSSR count). The topological polar surface area (TPSA) is 58.4 Å². The lowest BCUT2D eigenvalue weighted by Crippen LogP contribution is -2.14. The quantitative estimate of drug-likeness (QED) is 0.608. The van der Waals surface area contributed by atoms with Crippen molar-refractivity contribution >= 4 is 11.6 Å². The molecule has 140 valence electrons. The molecule has 2 aromatic heterocycles. The maximum absolute atomic E-state index is 6.06. The van der Waals surface area contributed by atoms with Gasteiger partial charge in [-0.05, 0) is 49.7 Å². The second-order valence-corrected chi connectivity index (χ2v) is 6.71. The Morgan fingerprint density at radius 3 is 2.81 bits per heavy atom. The van der Waals surface area contributed by atoms with Crippen molar-refractivity contribution in [1.29, 1.82) is 0 Å². The molecule has 7 heteroatoms. The van der Waals surface area contributed by atoms with Crippen LogP contribution in [0.1, 0.15) is 18.5 Å². The molecule has 0 radical (unpaired) electrons. The Bertz CT molecular complexity index is 951. The summed E-state index contributed by atoms with van der Waals surface area (Å²) in [5, 5.41) is 4.99. The van der Waals surface area contributed by atoms with Crippen LogP contribution in [0.2, 0.25) is 5.15 Å². The molecular formula is C20H20ClN3O3. The van der Waals surface area contributed by atoms with Crippen LogP contribution >= 0.6 is 11.6 Å². The van der Waals surface area contributed by atoms with Gasteiger partial charge in [0.05, 0.1) is 25.1 Å². The SMILES string of the molecule is COc1ccc(-c2cc(C)nn2-c2cccc(Cl)n2)cc1O[C@H]1CCCO1. The van der Waals surface area contributed by atoms with E-state index in [1.165, 1.54) is 0 Å². The first-order chi connectivity index (χ1) is 13.1. The minimum Gasteiger partial charge on any atom is -0.493 e. The Morgan fingerprint density at radius 1 is 1.19 bits per heavy atom. The standard InChI is InChI=1S/C20H20ClN3O3/c1-13-11-15(24(23-13)19-6-3-5-18(21)22-19)14-8-9-16(25-2)17(12-14)27-20-7-4-10-26-20/h3,5-6,8-9,11-12,20H,4,7,10H2,1-2H3/t20-/m0/s1. The van der Waals surface area contributed by atoms with Gasteiger partial charge in [0, 0.05) is 12.0 Å². The number of aryl methyl sites for hydroxylation is 1. The Kier molecular flexibility index (Phi) is 5.01. The fourth-order valence-corrected chi connectivity index (χ4v) is 3.27. The van der Waals surface area contributed by atoms with Gasteiger partial charge in [-0.3, -0.25) is 0 Å². The van der Waals surface area contributed by atoms with Crippen LogP contribution in [0.4, 0.5) is 0 Å². The molecule has 0 saturated carbocycles. The molecule has 0 unspecified atom stereocenters. The number of pyridine rings is 1. The van der Waals surface area contributed by atoms with Crippen molar-refractivity contribution in [2.45, 2.75) is 26.1 Å². The van der Waals surface area contributed by atoms with Gasteiger partial charge in [-0.1, -0.05) is 17.7 Å². The van der Waals surface area contributed by atoms with Crippen molar-refractivity contribution in [1.82, 2.24) is 14.8 Å². The van der Waals surface area contributed by atoms with Crippen LogP contribution < -0.4 is 9.47 Å². The molecule has 0 amide bonds. The monoisotopic (exact) mass is 385 g/mol. The molecule has 0 spiro atoms. The summed E-state index contributed by atoms with van der Waals surface area (Å²) in [6.45, 7) is 2.66. The van der Waals surface area contributed by atoms with Gasteiger partial charge in [0.1, 0.15) is 5.15 Å². The molecule has 3 aromatic rings. The first-order valence-electron chi connectivity index (χ1n) is 8.80. The lowest BCUT2D eigenvalue weighted by molar-refractivity contribution is -0.0402. The third kappa shape index (κ3) is 3.77. The molecule has 27 heavy (non-hydrogen) atoms. The molecule has 1 aliphatic heterocycles. The summed E-state index contributed by atoms with van der Waals surface area (Å²) in [5.74, 6) is 1.97. The van der Waals surface area contributed by atoms with E-state index < -0.39 is 0 Å². The van der Waals surface area contributed by atoms with Crippen LogP contribution in [-0.4, -0.2) is 34.8 Å². The van der Waals surface area contributed by atoms with Crippen LogP contribution in [0.25, 0.3) is 17.1 Å². The van der Waals surface area contributed by atoms with Crippen LogP contribution in [0.3, 0.4) is 0 Å². The second kappa shape index (κ2) is 7.58. The zero-order valence-electron chi connectivity index (χ0n) is 15.2. The van der Waals surface area contributed by atoms with Crippen molar-refractivity contribution in [2.75, 3.05) is 13.7 Å². The smallest absolute Gasteiger partial charge is 0.200 e. The van der Waals surface area contributed by atoms with Crippen molar-refractivity contribution in [3.63, 3.8) is 0 Å². The van der Waals surface area contributed by atoms with E-state index >= 15 is 0 Å². The molecule has 1 aromatic carbocycles. The summed E-state index contributed by atoms with van der Waals surface area (Å²) in [4.78, 5) is 4.37. The number of aromatic nitrogens is 3. The van der Waals surface area contributed by atoms with Gasteiger partial charge in [-0.15, -0.1) is 0 Å². The number of benzene rings is 1. The van der Waals surface area contributed by atoms with E-state index in [9.17, 15) is 0 Å². The molecule has 1 atom stereocenters. The average Bonchev–Trinajstić information content (AvgIpc) is 3.31. The zero-order valence-corrected chi connectivity index (χ0v) is 15.9. The number of hydrogen-bond donors (Lipinski definition) is 0. The van der Waals surface area contributed by atoms with E-state index in [0.717, 1.165) is 36.4 Å². The fourth-order valence-electron chi connectivity index (χ4n) is 3.11. The van der Waals surface area contributed by atoms with Gasteiger partial charge in [0.15, 0.2) is 23.6 Å². The summed E-state index contributed by atoms with van der Waals surface area (Å²) in [6, 6.07) is 13.3. The van der Waals surface area contributed by atoms with Gasteiger partial charge in [0.25, 0.3) is 0 Å². The highest BCUT2D eigenvalue weighted by molar-refractivity contribution is 6.29. The Morgan fingerprint density at radius 2 is 2.07 bits per heavy atom. The predicted molar refractivity (Wildman–Crippen MR) is 103 cm³/mol. The third-order valence-corrected chi connectivity index (χ3v) is 4.57. The largest absolute Gasteiger partial charge is 0.493 e. The molecule has 1 aliphatic rings. The highest BCUT2D eigenvalue weighted by Gasteiger charge is 2.20. The summed E-state index contributed by atoms with van der Waals surface area (Å²) in [6.07, 6.45) is 1.63. The van der Waals surface area contributed by atoms with E-state index in [4.69, 9.17) is 25.8 Å². The first kappa shape index (κ1) is 17.8. The fraction of sp³-hybridized carbons (Fsp3) is 0.300. The number of rotatable bonds is 5. The van der Waals surface area contributed by atoms with Crippen molar-refractivity contribution in [2.24, 2.45) is 0 Å². The maximum Gasteiger partial charge on any atom is 0.200 e. The van der Waals surface area contributed by atoms with Crippen LogP contribution in [-0.2, 0) is 4.74 Å². The van der Waals surface area contributed by atoms with E-state index in [-0.39, 0.29) is 6.29 Å². The number of methoxy groups -OCH3 is 1. The van der Waals surface area contributed by atoms with Crippen molar-refractivity contribution in [3.8, 4) is 28.6 Å². The summed E-state index contributed by atoms with van der Waals surface area (Å²) in [5.41, 5.74) is 2.71. The second-order valence-electron chi connectivity index (χ2n) is 6.33. The van der Waals surface area contributed by atoms with Crippen molar-refractivity contribution in [3.05, 3.63) is 53.3 Å². The summed E-state index contributed by atoms with van der Waals surface area (Å²) in [7, 11) is 1.63. The van der Waals surface area contributed by atoms with Crippen LogP contribution in [0, 0.1) is 6.92 Å². The summed E-state index contributed by atoms with van der Waals surface area (Å²) < 4.78 is 18.8. The first-order valence-corrected chi connectivity index (χ1v) is 9.18. The van der Waals surface area contributed by atoms with Crippen LogP contribution in [0.5, 0.6) is 11.5 Å². The third-order valence-electron chi connectivity index (χ3n) is 4.35. The van der Waals surface area contributed by atoms with Gasteiger partial charge >= 0.3 is 0 Å². The lowest BCUT2D eigenvalue weighted by atomic mass is 10.1. The number of halogens is 1. The zero-order chi connectivity index (χ0) is 18.8. The highest BCUT2D eigenvalue weighted by Crippen LogP contribution is 2.35. The molecule has 0 aliphatic carbocycles. The molecule has 6 nitrogen and oxygen atoms in total. The average molecular weight is 386 g/mol. The Balaban J connectivity index is 1.75. The van der Waals surface area contributed by atoms with Gasteiger partial charge in [0.2, 0.25) is 0 Å². The van der Waals surface area contributed by atoms with Gasteiger partial charge in [-0.25, -0.2) is 9.67 Å². The molecular weight excluding hydrogens is 366 g/mol. The molecule has 1 fully saturated rings. The van der Waals surface area contributed by atoms with Gasteiger partial charge < -0.3 is 14.2 Å². The maximum atomic E-state index is 6.06. The van der Waals surface area contributed by atoms with Gasteiger partial charge in [-0.2, -0.15) is 5.10 Å². The predicted octanol–water partition coefficient (Wildman–Crippen LogP) is 4.42. The van der Waals surface area contributed by atoms with E-state index in [1.807, 2.05) is 43.3 Å². The lowest BCUT2D eigenvalue weighted by Gasteiger charge is -2.16. The van der Waals surface area contributed by atoms with E-state index in [0.29, 0.717) is 22.5 Å². The number of ether oxygens (including phenoxy) is 3. The molecule has 0 N–H and O–H groups in total. The summed E-state index contributed by atoms with van der Waals surface area (Å²) >= 11 is 6.06. The number of nitrogens with zero attached hydrogens (tertiary/aromatic N) is 3.